The summed E-state index contributed by atoms with van der Waals surface area (Å²) in [5.74, 6) is -2.34. The van der Waals surface area contributed by atoms with Gasteiger partial charge in [0.25, 0.3) is 11.5 Å². The Labute approximate surface area is 255 Å². The zero-order valence-electron chi connectivity index (χ0n) is 24.7. The Morgan fingerprint density at radius 3 is 2.51 bits per heavy atom. The number of nitrogens with one attached hydrogen (secondary N) is 1. The molecule has 14 heteroatoms. The fraction of sp³-hybridized carbons (Fsp3) is 0.290. The van der Waals surface area contributed by atoms with E-state index in [9.17, 15) is 28.0 Å². The molecule has 0 aliphatic rings. The first-order chi connectivity index (χ1) is 21.7. The minimum atomic E-state index is -1.16. The molecule has 0 atom stereocenters. The van der Waals surface area contributed by atoms with Gasteiger partial charge in [0.05, 0.1) is 13.2 Å². The topological polar surface area (TPSA) is 137 Å². The summed E-state index contributed by atoms with van der Waals surface area (Å²) in [6.45, 7) is 2.94. The van der Waals surface area contributed by atoms with Crippen molar-refractivity contribution in [1.82, 2.24) is 28.7 Å². The van der Waals surface area contributed by atoms with E-state index >= 15 is 0 Å². The van der Waals surface area contributed by atoms with Gasteiger partial charge in [0.1, 0.15) is 17.2 Å². The van der Waals surface area contributed by atoms with Gasteiger partial charge < -0.3 is 14.3 Å². The number of amides is 1. The van der Waals surface area contributed by atoms with Crippen molar-refractivity contribution in [2.24, 2.45) is 0 Å². The number of rotatable bonds is 12. The maximum absolute atomic E-state index is 14.0. The molecule has 0 saturated heterocycles. The lowest BCUT2D eigenvalue weighted by Gasteiger charge is -2.22. The number of aromatic amines is 1. The lowest BCUT2D eigenvalue weighted by molar-refractivity contribution is 0.0985. The number of H-pyrrole nitrogens is 1. The number of anilines is 1. The molecule has 234 valence electrons. The van der Waals surface area contributed by atoms with Crippen molar-refractivity contribution in [3.63, 3.8) is 0 Å². The summed E-state index contributed by atoms with van der Waals surface area (Å²) < 4.78 is 36.7. The maximum atomic E-state index is 14.0. The van der Waals surface area contributed by atoms with Crippen molar-refractivity contribution in [2.45, 2.75) is 39.4 Å². The van der Waals surface area contributed by atoms with Gasteiger partial charge in [-0.2, -0.15) is 0 Å². The van der Waals surface area contributed by atoms with E-state index in [1.54, 1.807) is 30.5 Å². The van der Waals surface area contributed by atoms with Gasteiger partial charge in [-0.1, -0.05) is 13.0 Å². The van der Waals surface area contributed by atoms with Crippen LogP contribution < -0.4 is 21.7 Å². The fourth-order valence-corrected chi connectivity index (χ4v) is 4.94. The number of aromatic nitrogens is 6. The van der Waals surface area contributed by atoms with Crippen molar-refractivity contribution >= 4 is 22.9 Å². The van der Waals surface area contributed by atoms with Crippen molar-refractivity contribution in [1.29, 1.82) is 0 Å². The van der Waals surface area contributed by atoms with Crippen LogP contribution in [-0.4, -0.2) is 54.8 Å². The molecule has 5 rings (SSSR count). The van der Waals surface area contributed by atoms with Crippen molar-refractivity contribution in [2.75, 3.05) is 25.2 Å². The molecule has 4 aromatic heterocycles. The van der Waals surface area contributed by atoms with Crippen molar-refractivity contribution in [3.8, 4) is 11.4 Å². The average molecular weight is 620 g/mol. The minimum absolute atomic E-state index is 0.0763. The Morgan fingerprint density at radius 1 is 1.00 bits per heavy atom. The largest absolute Gasteiger partial charge is 0.383 e. The van der Waals surface area contributed by atoms with E-state index in [1.807, 2.05) is 6.92 Å². The second-order valence-corrected chi connectivity index (χ2v) is 10.2. The van der Waals surface area contributed by atoms with E-state index in [4.69, 9.17) is 4.74 Å². The number of halogens is 2. The number of fused-ring (bicyclic) bond motifs is 1. The van der Waals surface area contributed by atoms with Gasteiger partial charge in [0.2, 0.25) is 5.56 Å². The highest BCUT2D eigenvalue weighted by Crippen LogP contribution is 2.22. The molecule has 0 radical (unpaired) electrons. The maximum Gasteiger partial charge on any atom is 0.332 e. The lowest BCUT2D eigenvalue weighted by atomic mass is 10.1. The van der Waals surface area contributed by atoms with Gasteiger partial charge in [0.15, 0.2) is 17.3 Å². The highest BCUT2D eigenvalue weighted by molar-refractivity contribution is 6.05. The van der Waals surface area contributed by atoms with Crippen molar-refractivity contribution in [3.05, 3.63) is 109 Å². The molecule has 1 amide bonds. The molecule has 0 unspecified atom stereocenters. The smallest absolute Gasteiger partial charge is 0.332 e. The number of imidazole rings is 1. The standard InChI is InChI=1S/C31H31F2N7O5/c1-3-12-39-28-26(30(43)40(31(39)44)16-17-45-2)35-27(36-28)21-9-11-24(34-19-21)38(15-6-14-37-13-5-4-7-25(37)41)29(42)20-8-10-22(32)23(33)18-20/h4-5,7-11,13,18-19H,3,6,12,14-17H2,1-2H3,(H,35,36). The summed E-state index contributed by atoms with van der Waals surface area (Å²) >= 11 is 0. The number of benzene rings is 1. The average Bonchev–Trinajstić information content (AvgIpc) is 3.49. The lowest BCUT2D eigenvalue weighted by Crippen LogP contribution is -2.41. The van der Waals surface area contributed by atoms with Gasteiger partial charge in [-0.25, -0.2) is 23.5 Å². The predicted molar refractivity (Wildman–Crippen MR) is 163 cm³/mol. The predicted octanol–water partition coefficient (Wildman–Crippen LogP) is 3.18. The second-order valence-electron chi connectivity index (χ2n) is 10.2. The SMILES string of the molecule is CCCn1c(=O)n(CCOC)c(=O)c2[nH]c(-c3ccc(N(CCCn4ccccc4=O)C(=O)c4ccc(F)c(F)c4)nc3)nc21. The van der Waals surface area contributed by atoms with E-state index in [1.165, 1.54) is 39.5 Å². The van der Waals surface area contributed by atoms with Gasteiger partial charge in [-0.15, -0.1) is 0 Å². The molecule has 0 fully saturated rings. The first kappa shape index (κ1) is 31.2. The normalized spacial score (nSPS) is 11.3. The molecule has 12 nitrogen and oxygen atoms in total. The first-order valence-corrected chi connectivity index (χ1v) is 14.3. The third kappa shape index (κ3) is 6.50. The number of nitrogens with zero attached hydrogens (tertiary/aromatic N) is 6. The van der Waals surface area contributed by atoms with E-state index in [0.717, 1.165) is 16.7 Å². The molecule has 0 bridgehead atoms. The Hall–Kier alpha value is -5.24. The van der Waals surface area contributed by atoms with Gasteiger partial charge in [-0.05, 0) is 49.2 Å². The molecule has 4 heterocycles. The van der Waals surface area contributed by atoms with E-state index in [-0.39, 0.29) is 53.6 Å². The number of carbonyl (C=O) groups is 1. The highest BCUT2D eigenvalue weighted by atomic mass is 19.2. The third-order valence-electron chi connectivity index (χ3n) is 7.22. The molecular formula is C31H31F2N7O5. The van der Waals surface area contributed by atoms with Crippen LogP contribution in [0.4, 0.5) is 14.6 Å². The zero-order chi connectivity index (χ0) is 32.1. The number of hydrogen-bond donors (Lipinski definition) is 1. The van der Waals surface area contributed by atoms with E-state index in [0.29, 0.717) is 31.5 Å². The molecular weight excluding hydrogens is 588 g/mol. The van der Waals surface area contributed by atoms with Gasteiger partial charge >= 0.3 is 5.69 Å². The fourth-order valence-electron chi connectivity index (χ4n) is 4.94. The molecule has 45 heavy (non-hydrogen) atoms. The molecule has 5 aromatic rings. The zero-order valence-corrected chi connectivity index (χ0v) is 24.7. The van der Waals surface area contributed by atoms with Crippen molar-refractivity contribution < 1.29 is 18.3 Å². The van der Waals surface area contributed by atoms with Crippen LogP contribution in [0.3, 0.4) is 0 Å². The van der Waals surface area contributed by atoms with Crippen LogP contribution in [0.25, 0.3) is 22.6 Å². The highest BCUT2D eigenvalue weighted by Gasteiger charge is 2.22. The summed E-state index contributed by atoms with van der Waals surface area (Å²) in [5.41, 5.74) is -0.433. The molecule has 0 aliphatic carbocycles. The van der Waals surface area contributed by atoms with Crippen LogP contribution in [0.2, 0.25) is 0 Å². The number of aryl methyl sites for hydroxylation is 2. The number of ether oxygens (including phenoxy) is 1. The van der Waals surface area contributed by atoms with Crippen LogP contribution in [0.5, 0.6) is 0 Å². The number of carbonyl (C=O) groups excluding carboxylic acids is 1. The molecule has 1 aromatic carbocycles. The van der Waals surface area contributed by atoms with Gasteiger partial charge in [0, 0.05) is 56.3 Å². The summed E-state index contributed by atoms with van der Waals surface area (Å²) in [7, 11) is 1.48. The molecule has 0 spiro atoms. The first-order valence-electron chi connectivity index (χ1n) is 14.3. The third-order valence-corrected chi connectivity index (χ3v) is 7.22. The summed E-state index contributed by atoms with van der Waals surface area (Å²) in [6.07, 6.45) is 4.08. The van der Waals surface area contributed by atoms with E-state index < -0.39 is 28.8 Å². The Kier molecular flexibility index (Phi) is 9.42. The Balaban J connectivity index is 1.49. The van der Waals surface area contributed by atoms with Crippen LogP contribution in [0, 0.1) is 11.6 Å². The van der Waals surface area contributed by atoms with Crippen LogP contribution in [0.1, 0.15) is 30.1 Å². The van der Waals surface area contributed by atoms with Crippen LogP contribution >= 0.6 is 0 Å². The Morgan fingerprint density at radius 2 is 1.82 bits per heavy atom. The van der Waals surface area contributed by atoms with Crippen LogP contribution in [-0.2, 0) is 24.4 Å². The summed E-state index contributed by atoms with van der Waals surface area (Å²) in [6, 6.07) is 10.9. The monoisotopic (exact) mass is 619 g/mol. The molecule has 1 N–H and O–H groups in total. The summed E-state index contributed by atoms with van der Waals surface area (Å²) in [5, 5.41) is 0. The molecule has 0 saturated carbocycles. The second kappa shape index (κ2) is 13.6. The molecule has 0 aliphatic heterocycles. The number of hydrogen-bond acceptors (Lipinski definition) is 7. The quantitative estimate of drug-likeness (QED) is 0.227. The number of methoxy groups -OCH3 is 1. The van der Waals surface area contributed by atoms with Gasteiger partial charge in [-0.3, -0.25) is 28.4 Å². The number of pyridine rings is 2. The minimum Gasteiger partial charge on any atom is -0.383 e. The Bertz CT molecular complexity index is 2010. The summed E-state index contributed by atoms with van der Waals surface area (Å²) in [4.78, 5) is 65.2. The van der Waals surface area contributed by atoms with Crippen LogP contribution in [0.15, 0.2) is 75.3 Å². The van der Waals surface area contributed by atoms with E-state index in [2.05, 4.69) is 15.0 Å².